The van der Waals surface area contributed by atoms with Gasteiger partial charge in [0.1, 0.15) is 11.4 Å². The van der Waals surface area contributed by atoms with Crippen molar-refractivity contribution in [2.45, 2.75) is 46.1 Å². The van der Waals surface area contributed by atoms with E-state index in [2.05, 4.69) is 24.3 Å². The number of aromatic nitrogens is 2. The van der Waals surface area contributed by atoms with Crippen LogP contribution in [0.25, 0.3) is 0 Å². The molecular weight excluding hydrogens is 242 g/mol. The first-order valence-corrected chi connectivity index (χ1v) is 6.93. The van der Waals surface area contributed by atoms with Crippen LogP contribution in [0.2, 0.25) is 0 Å². The second-order valence-electron chi connectivity index (χ2n) is 5.88. The number of carbonyl (C=O) groups is 1. The van der Waals surface area contributed by atoms with E-state index in [1.807, 2.05) is 0 Å². The second-order valence-corrected chi connectivity index (χ2v) is 5.88. The first-order chi connectivity index (χ1) is 8.90. The van der Waals surface area contributed by atoms with Crippen LogP contribution >= 0.6 is 0 Å². The van der Waals surface area contributed by atoms with Crippen LogP contribution in [0.1, 0.15) is 49.2 Å². The van der Waals surface area contributed by atoms with Crippen molar-refractivity contribution in [2.24, 2.45) is 18.9 Å². The minimum Gasteiger partial charge on any atom is -0.477 e. The van der Waals surface area contributed by atoms with Crippen LogP contribution in [0.5, 0.6) is 0 Å². The molecule has 1 fully saturated rings. The predicted molar refractivity (Wildman–Crippen MR) is 74.5 cm³/mol. The molecule has 1 aliphatic carbocycles. The summed E-state index contributed by atoms with van der Waals surface area (Å²) in [7, 11) is 1.79. The van der Waals surface area contributed by atoms with E-state index in [9.17, 15) is 9.90 Å². The SMILES string of the molecule is Cc1nn(C)c(NC2CCC(C)CC2C)c1C(=O)O. The molecule has 3 unspecified atom stereocenters. The molecule has 3 atom stereocenters. The monoisotopic (exact) mass is 265 g/mol. The van der Waals surface area contributed by atoms with E-state index in [-0.39, 0.29) is 0 Å². The van der Waals surface area contributed by atoms with Gasteiger partial charge in [-0.15, -0.1) is 0 Å². The Morgan fingerprint density at radius 2 is 2.11 bits per heavy atom. The summed E-state index contributed by atoms with van der Waals surface area (Å²) in [5, 5.41) is 16.9. The lowest BCUT2D eigenvalue weighted by atomic mass is 9.80. The lowest BCUT2D eigenvalue weighted by Crippen LogP contribution is -2.34. The van der Waals surface area contributed by atoms with Gasteiger partial charge >= 0.3 is 5.97 Å². The molecule has 5 nitrogen and oxygen atoms in total. The predicted octanol–water partition coefficient (Wildman–Crippen LogP) is 2.66. The zero-order valence-electron chi connectivity index (χ0n) is 12.1. The van der Waals surface area contributed by atoms with E-state index < -0.39 is 5.97 Å². The van der Waals surface area contributed by atoms with Crippen molar-refractivity contribution in [1.82, 2.24) is 9.78 Å². The molecule has 1 saturated carbocycles. The first-order valence-electron chi connectivity index (χ1n) is 6.93. The van der Waals surface area contributed by atoms with Crippen molar-refractivity contribution < 1.29 is 9.90 Å². The van der Waals surface area contributed by atoms with Crippen molar-refractivity contribution in [3.8, 4) is 0 Å². The molecule has 0 spiro atoms. The first kappa shape index (κ1) is 13.9. The van der Waals surface area contributed by atoms with Crippen LogP contribution in [-0.4, -0.2) is 26.9 Å². The molecule has 0 aliphatic heterocycles. The summed E-state index contributed by atoms with van der Waals surface area (Å²) < 4.78 is 1.64. The number of anilines is 1. The van der Waals surface area contributed by atoms with Crippen LogP contribution in [0.3, 0.4) is 0 Å². The van der Waals surface area contributed by atoms with Gasteiger partial charge in [0.05, 0.1) is 5.69 Å². The number of rotatable bonds is 3. The number of carboxylic acids is 1. The molecule has 2 rings (SSSR count). The molecule has 2 N–H and O–H groups in total. The Bertz CT molecular complexity index is 481. The van der Waals surface area contributed by atoms with Crippen LogP contribution in [-0.2, 0) is 7.05 Å². The van der Waals surface area contributed by atoms with Gasteiger partial charge < -0.3 is 10.4 Å². The van der Waals surface area contributed by atoms with E-state index in [1.54, 1.807) is 18.7 Å². The fourth-order valence-electron chi connectivity index (χ4n) is 3.14. The Morgan fingerprint density at radius 1 is 1.42 bits per heavy atom. The van der Waals surface area contributed by atoms with Crippen LogP contribution in [0, 0.1) is 18.8 Å². The van der Waals surface area contributed by atoms with Gasteiger partial charge in [0.15, 0.2) is 0 Å². The molecule has 1 aromatic rings. The minimum atomic E-state index is -0.912. The quantitative estimate of drug-likeness (QED) is 0.881. The van der Waals surface area contributed by atoms with E-state index in [0.29, 0.717) is 29.0 Å². The molecule has 1 heterocycles. The highest BCUT2D eigenvalue weighted by atomic mass is 16.4. The molecule has 19 heavy (non-hydrogen) atoms. The van der Waals surface area contributed by atoms with Gasteiger partial charge in [-0.05, 0) is 38.0 Å². The van der Waals surface area contributed by atoms with Gasteiger partial charge in [-0.3, -0.25) is 4.68 Å². The Labute approximate surface area is 114 Å². The zero-order chi connectivity index (χ0) is 14.2. The Morgan fingerprint density at radius 3 is 2.68 bits per heavy atom. The van der Waals surface area contributed by atoms with Crippen molar-refractivity contribution in [3.63, 3.8) is 0 Å². The van der Waals surface area contributed by atoms with Crippen LogP contribution in [0.4, 0.5) is 5.82 Å². The molecule has 5 heteroatoms. The summed E-state index contributed by atoms with van der Waals surface area (Å²) in [6.45, 7) is 6.25. The fourth-order valence-corrected chi connectivity index (χ4v) is 3.14. The Balaban J connectivity index is 2.21. The average molecular weight is 265 g/mol. The van der Waals surface area contributed by atoms with Gasteiger partial charge in [-0.25, -0.2) is 4.79 Å². The number of aromatic carboxylic acids is 1. The van der Waals surface area contributed by atoms with E-state index in [0.717, 1.165) is 12.3 Å². The number of nitrogens with zero attached hydrogens (tertiary/aromatic N) is 2. The summed E-state index contributed by atoms with van der Waals surface area (Å²) in [6.07, 6.45) is 3.48. The molecule has 0 radical (unpaired) electrons. The number of nitrogens with one attached hydrogen (secondary N) is 1. The summed E-state index contributed by atoms with van der Waals surface area (Å²) in [4.78, 5) is 11.3. The van der Waals surface area contributed by atoms with E-state index >= 15 is 0 Å². The van der Waals surface area contributed by atoms with Gasteiger partial charge in [-0.1, -0.05) is 13.8 Å². The third-order valence-corrected chi connectivity index (χ3v) is 4.19. The molecule has 1 aliphatic rings. The lowest BCUT2D eigenvalue weighted by molar-refractivity contribution is 0.0697. The highest BCUT2D eigenvalue weighted by Gasteiger charge is 2.28. The topological polar surface area (TPSA) is 67.2 Å². The molecule has 0 amide bonds. The van der Waals surface area contributed by atoms with Gasteiger partial charge in [-0.2, -0.15) is 5.10 Å². The maximum Gasteiger partial charge on any atom is 0.341 e. The second kappa shape index (κ2) is 5.23. The number of carboxylic acid groups (broad SMARTS) is 1. The van der Waals surface area contributed by atoms with Gasteiger partial charge in [0, 0.05) is 13.1 Å². The summed E-state index contributed by atoms with van der Waals surface area (Å²) in [5.41, 5.74) is 0.864. The van der Waals surface area contributed by atoms with E-state index in [4.69, 9.17) is 0 Å². The normalized spacial score (nSPS) is 27.3. The maximum atomic E-state index is 11.3. The van der Waals surface area contributed by atoms with Crippen molar-refractivity contribution in [1.29, 1.82) is 0 Å². The average Bonchev–Trinajstić information content (AvgIpc) is 2.57. The summed E-state index contributed by atoms with van der Waals surface area (Å²) >= 11 is 0. The van der Waals surface area contributed by atoms with E-state index in [1.165, 1.54) is 12.8 Å². The number of aryl methyl sites for hydroxylation is 2. The molecule has 1 aromatic heterocycles. The molecule has 0 bridgehead atoms. The van der Waals surface area contributed by atoms with Gasteiger partial charge in [0.2, 0.25) is 0 Å². The molecule has 0 aromatic carbocycles. The zero-order valence-corrected chi connectivity index (χ0v) is 12.1. The maximum absolute atomic E-state index is 11.3. The molecular formula is C14H23N3O2. The van der Waals surface area contributed by atoms with Crippen molar-refractivity contribution in [3.05, 3.63) is 11.3 Å². The number of hydrogen-bond donors (Lipinski definition) is 2. The lowest BCUT2D eigenvalue weighted by Gasteiger charge is -2.33. The van der Waals surface area contributed by atoms with Crippen molar-refractivity contribution >= 4 is 11.8 Å². The largest absolute Gasteiger partial charge is 0.477 e. The highest BCUT2D eigenvalue weighted by Crippen LogP contribution is 2.31. The number of hydrogen-bond acceptors (Lipinski definition) is 3. The van der Waals surface area contributed by atoms with Gasteiger partial charge in [0.25, 0.3) is 0 Å². The van der Waals surface area contributed by atoms with Crippen LogP contribution in [0.15, 0.2) is 0 Å². The highest BCUT2D eigenvalue weighted by molar-refractivity contribution is 5.94. The summed E-state index contributed by atoms with van der Waals surface area (Å²) in [5.74, 6) is 1.04. The minimum absolute atomic E-state index is 0.299. The third kappa shape index (κ3) is 2.74. The Hall–Kier alpha value is -1.52. The summed E-state index contributed by atoms with van der Waals surface area (Å²) in [6, 6.07) is 0.337. The fraction of sp³-hybridized carbons (Fsp3) is 0.714. The van der Waals surface area contributed by atoms with Crippen LogP contribution < -0.4 is 5.32 Å². The third-order valence-electron chi connectivity index (χ3n) is 4.19. The Kier molecular flexibility index (Phi) is 3.83. The van der Waals surface area contributed by atoms with Crippen molar-refractivity contribution in [2.75, 3.05) is 5.32 Å². The standard InChI is InChI=1S/C14H23N3O2/c1-8-5-6-11(9(2)7-8)15-13-12(14(18)19)10(3)16-17(13)4/h8-9,11,15H,5-7H2,1-4H3,(H,18,19). The smallest absolute Gasteiger partial charge is 0.341 e. The molecule has 0 saturated heterocycles. The molecule has 106 valence electrons.